The average molecular weight is 271 g/mol. The lowest BCUT2D eigenvalue weighted by atomic mass is 10.2. The molecule has 1 saturated carbocycles. The van der Waals surface area contributed by atoms with Crippen LogP contribution in [0.2, 0.25) is 0 Å². The van der Waals surface area contributed by atoms with Gasteiger partial charge in [-0.2, -0.15) is 0 Å². The van der Waals surface area contributed by atoms with Crippen molar-refractivity contribution in [3.63, 3.8) is 0 Å². The Labute approximate surface area is 119 Å². The van der Waals surface area contributed by atoms with E-state index in [4.69, 9.17) is 0 Å². The van der Waals surface area contributed by atoms with Gasteiger partial charge in [0, 0.05) is 37.6 Å². The van der Waals surface area contributed by atoms with Crippen molar-refractivity contribution >= 4 is 5.65 Å². The second-order valence-corrected chi connectivity index (χ2v) is 6.01. The Balaban J connectivity index is 1.52. The lowest BCUT2D eigenvalue weighted by Gasteiger charge is -2.25. The zero-order chi connectivity index (χ0) is 13.4. The Morgan fingerprint density at radius 1 is 1.30 bits per heavy atom. The van der Waals surface area contributed by atoms with Crippen molar-refractivity contribution in [2.24, 2.45) is 0 Å². The van der Waals surface area contributed by atoms with Crippen molar-refractivity contribution in [3.8, 4) is 0 Å². The molecule has 5 nitrogen and oxygen atoms in total. The van der Waals surface area contributed by atoms with Gasteiger partial charge in [-0.05, 0) is 32.2 Å². The van der Waals surface area contributed by atoms with Crippen LogP contribution in [0.25, 0.3) is 5.65 Å². The predicted octanol–water partition coefficient (Wildman–Crippen LogP) is 1.45. The first-order valence-electron chi connectivity index (χ1n) is 7.63. The fraction of sp³-hybridized carbons (Fsp3) is 0.600. The molecule has 2 fully saturated rings. The van der Waals surface area contributed by atoms with Gasteiger partial charge in [0.2, 0.25) is 0 Å². The first kappa shape index (κ1) is 12.3. The molecular formula is C15H21N5. The van der Waals surface area contributed by atoms with Crippen LogP contribution < -0.4 is 5.32 Å². The number of rotatable bonds is 5. The zero-order valence-electron chi connectivity index (χ0n) is 11.7. The van der Waals surface area contributed by atoms with E-state index in [1.807, 2.05) is 24.8 Å². The maximum Gasteiger partial charge on any atom is 0.155 e. The Kier molecular flexibility index (Phi) is 3.16. The molecule has 1 aliphatic heterocycles. The van der Waals surface area contributed by atoms with Crippen molar-refractivity contribution in [2.75, 3.05) is 13.1 Å². The molecular weight excluding hydrogens is 250 g/mol. The number of aromatic nitrogens is 3. The number of nitrogens with one attached hydrogen (secondary N) is 1. The van der Waals surface area contributed by atoms with Crippen molar-refractivity contribution in [1.29, 1.82) is 0 Å². The molecule has 0 radical (unpaired) electrons. The summed E-state index contributed by atoms with van der Waals surface area (Å²) in [5.74, 6) is 0. The van der Waals surface area contributed by atoms with Crippen molar-refractivity contribution in [2.45, 2.75) is 44.3 Å². The van der Waals surface area contributed by atoms with E-state index in [0.717, 1.165) is 18.2 Å². The minimum atomic E-state index is 0.677. The molecule has 0 amide bonds. The molecule has 2 aromatic rings. The smallest absolute Gasteiger partial charge is 0.155 e. The van der Waals surface area contributed by atoms with Crippen molar-refractivity contribution in [1.82, 2.24) is 24.6 Å². The van der Waals surface area contributed by atoms with Crippen molar-refractivity contribution in [3.05, 3.63) is 30.5 Å². The summed E-state index contributed by atoms with van der Waals surface area (Å²) in [6.45, 7) is 3.35. The van der Waals surface area contributed by atoms with Gasteiger partial charge in [0.25, 0.3) is 0 Å². The molecule has 2 aromatic heterocycles. The van der Waals surface area contributed by atoms with Crippen LogP contribution in [0.3, 0.4) is 0 Å². The van der Waals surface area contributed by atoms with Crippen molar-refractivity contribution < 1.29 is 0 Å². The third-order valence-corrected chi connectivity index (χ3v) is 4.44. The lowest BCUT2D eigenvalue weighted by Crippen LogP contribution is -2.38. The topological polar surface area (TPSA) is 45.5 Å². The lowest BCUT2D eigenvalue weighted by molar-refractivity contribution is 0.228. The van der Waals surface area contributed by atoms with Crippen LogP contribution in [0.5, 0.6) is 0 Å². The van der Waals surface area contributed by atoms with Crippen LogP contribution in [-0.4, -0.2) is 44.4 Å². The molecule has 2 aliphatic rings. The molecule has 20 heavy (non-hydrogen) atoms. The second-order valence-electron chi connectivity index (χ2n) is 6.01. The number of nitrogens with zero attached hydrogens (tertiary/aromatic N) is 4. The van der Waals surface area contributed by atoms with E-state index in [0.29, 0.717) is 6.04 Å². The van der Waals surface area contributed by atoms with Gasteiger partial charge >= 0.3 is 0 Å². The molecule has 0 bridgehead atoms. The van der Waals surface area contributed by atoms with Gasteiger partial charge in [-0.15, -0.1) is 0 Å². The highest BCUT2D eigenvalue weighted by Crippen LogP contribution is 2.29. The molecule has 1 aliphatic carbocycles. The number of imidazole rings is 1. The van der Waals surface area contributed by atoms with E-state index in [-0.39, 0.29) is 0 Å². The number of hydrogen-bond acceptors (Lipinski definition) is 4. The summed E-state index contributed by atoms with van der Waals surface area (Å²) in [4.78, 5) is 11.2. The Morgan fingerprint density at radius 3 is 3.05 bits per heavy atom. The highest BCUT2D eigenvalue weighted by atomic mass is 15.2. The minimum absolute atomic E-state index is 0.677. The summed E-state index contributed by atoms with van der Waals surface area (Å²) < 4.78 is 2.16. The maximum atomic E-state index is 4.44. The summed E-state index contributed by atoms with van der Waals surface area (Å²) in [6.07, 6.45) is 13.0. The van der Waals surface area contributed by atoms with E-state index in [2.05, 4.69) is 24.6 Å². The van der Waals surface area contributed by atoms with Crippen LogP contribution in [0.4, 0.5) is 0 Å². The molecule has 0 spiro atoms. The first-order valence-corrected chi connectivity index (χ1v) is 7.63. The van der Waals surface area contributed by atoms with Gasteiger partial charge in [0.05, 0.1) is 18.1 Å². The number of hydrogen-bond donors (Lipinski definition) is 1. The molecule has 3 heterocycles. The molecule has 4 rings (SSSR count). The van der Waals surface area contributed by atoms with E-state index >= 15 is 0 Å². The van der Waals surface area contributed by atoms with Crippen LogP contribution in [0.1, 0.15) is 31.4 Å². The van der Waals surface area contributed by atoms with E-state index in [1.165, 1.54) is 44.5 Å². The van der Waals surface area contributed by atoms with Crippen LogP contribution in [0, 0.1) is 0 Å². The molecule has 1 atom stereocenters. The average Bonchev–Trinajstić information content (AvgIpc) is 3.05. The van der Waals surface area contributed by atoms with Gasteiger partial charge in [-0.1, -0.05) is 0 Å². The third-order valence-electron chi connectivity index (χ3n) is 4.44. The van der Waals surface area contributed by atoms with E-state index in [9.17, 15) is 0 Å². The molecule has 0 aromatic carbocycles. The zero-order valence-corrected chi connectivity index (χ0v) is 11.7. The molecule has 106 valence electrons. The summed E-state index contributed by atoms with van der Waals surface area (Å²) in [5, 5.41) is 3.61. The summed E-state index contributed by atoms with van der Waals surface area (Å²) in [7, 11) is 0. The quantitative estimate of drug-likeness (QED) is 0.894. The van der Waals surface area contributed by atoms with Gasteiger partial charge in [-0.25, -0.2) is 4.98 Å². The van der Waals surface area contributed by atoms with E-state index in [1.54, 1.807) is 0 Å². The Morgan fingerprint density at radius 2 is 2.25 bits per heavy atom. The summed E-state index contributed by atoms with van der Waals surface area (Å²) in [6, 6.07) is 1.46. The standard InChI is InChI=1S/C15H21N5/c1-2-12(17-5-1)10-19(13-3-4-13)11-14-8-18-15-9-16-6-7-20(14)15/h6-9,12-13,17H,1-5,10-11H2. The second kappa shape index (κ2) is 5.14. The Bertz CT molecular complexity index is 583. The summed E-state index contributed by atoms with van der Waals surface area (Å²) >= 11 is 0. The fourth-order valence-electron chi connectivity index (χ4n) is 3.20. The third kappa shape index (κ3) is 2.43. The van der Waals surface area contributed by atoms with E-state index < -0.39 is 0 Å². The largest absolute Gasteiger partial charge is 0.313 e. The molecule has 1 N–H and O–H groups in total. The molecule has 1 saturated heterocycles. The van der Waals surface area contributed by atoms with Crippen LogP contribution in [0.15, 0.2) is 24.8 Å². The SMILES string of the molecule is c1cn2c(CN(CC3CCCN3)C3CC3)cnc2cn1. The number of fused-ring (bicyclic) bond motifs is 1. The summed E-state index contributed by atoms with van der Waals surface area (Å²) in [5.41, 5.74) is 2.21. The monoisotopic (exact) mass is 271 g/mol. The first-order chi connectivity index (χ1) is 9.90. The predicted molar refractivity (Wildman–Crippen MR) is 77.4 cm³/mol. The minimum Gasteiger partial charge on any atom is -0.313 e. The highest BCUT2D eigenvalue weighted by molar-refractivity contribution is 5.36. The van der Waals surface area contributed by atoms with Crippen LogP contribution in [-0.2, 0) is 6.54 Å². The Hall–Kier alpha value is -1.46. The normalized spacial score (nSPS) is 22.9. The van der Waals surface area contributed by atoms with Crippen LogP contribution >= 0.6 is 0 Å². The molecule has 5 heteroatoms. The van der Waals surface area contributed by atoms with Gasteiger partial charge in [0.15, 0.2) is 5.65 Å². The molecule has 1 unspecified atom stereocenters. The fourth-order valence-corrected chi connectivity index (χ4v) is 3.20. The van der Waals surface area contributed by atoms with Gasteiger partial charge < -0.3 is 5.32 Å². The maximum absolute atomic E-state index is 4.44. The van der Waals surface area contributed by atoms with Gasteiger partial charge in [0.1, 0.15) is 0 Å². The van der Waals surface area contributed by atoms with Gasteiger partial charge in [-0.3, -0.25) is 14.3 Å². The highest BCUT2D eigenvalue weighted by Gasteiger charge is 2.31.